The smallest absolute Gasteiger partial charge is 0.124 e. The lowest BCUT2D eigenvalue weighted by Gasteiger charge is -2.11. The van der Waals surface area contributed by atoms with Gasteiger partial charge in [-0.3, -0.25) is 9.97 Å². The van der Waals surface area contributed by atoms with Crippen LogP contribution in [0, 0.1) is 0 Å². The maximum Gasteiger partial charge on any atom is 0.124 e. The van der Waals surface area contributed by atoms with Crippen LogP contribution in [0.4, 0.5) is 0 Å². The molecule has 4 aromatic rings. The summed E-state index contributed by atoms with van der Waals surface area (Å²) in [5.41, 5.74) is 5.26. The Kier molecular flexibility index (Phi) is 5.20. The molecule has 0 aliphatic carbocycles. The van der Waals surface area contributed by atoms with Crippen molar-refractivity contribution >= 4 is 6.08 Å². The number of ether oxygens (including phenoxy) is 1. The summed E-state index contributed by atoms with van der Waals surface area (Å²) in [5, 5.41) is 0. The fourth-order valence-electron chi connectivity index (χ4n) is 2.80. The first kappa shape index (κ1) is 17.6. The van der Waals surface area contributed by atoms with Crippen LogP contribution in [-0.2, 0) is 6.61 Å². The molecule has 0 fully saturated rings. The van der Waals surface area contributed by atoms with Gasteiger partial charge in [0.15, 0.2) is 0 Å². The molecular formula is C24H19N3O. The summed E-state index contributed by atoms with van der Waals surface area (Å²) >= 11 is 0. The Bertz CT molecular complexity index is 1000. The molecule has 0 radical (unpaired) electrons. The van der Waals surface area contributed by atoms with Gasteiger partial charge in [0, 0.05) is 24.5 Å². The molecule has 0 atom stereocenters. The van der Waals surface area contributed by atoms with Crippen molar-refractivity contribution in [2.24, 2.45) is 0 Å². The number of rotatable bonds is 6. The maximum absolute atomic E-state index is 6.07. The molecule has 0 spiro atoms. The highest BCUT2D eigenvalue weighted by atomic mass is 16.5. The monoisotopic (exact) mass is 365 g/mol. The van der Waals surface area contributed by atoms with Gasteiger partial charge in [0.2, 0.25) is 0 Å². The van der Waals surface area contributed by atoms with E-state index in [2.05, 4.69) is 16.5 Å². The van der Waals surface area contributed by atoms with E-state index in [1.54, 1.807) is 12.4 Å². The lowest BCUT2D eigenvalue weighted by atomic mass is 10.1. The molecule has 4 heteroatoms. The first-order valence-electron chi connectivity index (χ1n) is 9.01. The number of pyridine rings is 3. The third-order valence-electron chi connectivity index (χ3n) is 4.27. The first-order valence-corrected chi connectivity index (χ1v) is 9.01. The largest absolute Gasteiger partial charge is 0.489 e. The summed E-state index contributed by atoms with van der Waals surface area (Å²) in [5.74, 6) is 0.726. The minimum atomic E-state index is 0.463. The Balaban J connectivity index is 1.66. The molecule has 0 aliphatic heterocycles. The van der Waals surface area contributed by atoms with Crippen molar-refractivity contribution in [1.82, 2.24) is 15.0 Å². The third-order valence-corrected chi connectivity index (χ3v) is 4.27. The zero-order valence-electron chi connectivity index (χ0n) is 15.3. The van der Waals surface area contributed by atoms with E-state index < -0.39 is 0 Å². The topological polar surface area (TPSA) is 47.9 Å². The number of hydrogen-bond acceptors (Lipinski definition) is 4. The molecule has 0 bridgehead atoms. The standard InChI is InChI=1S/C24H19N3O/c1-2-18-9-11-19(12-10-18)17-28-20-15-23(21-7-3-5-13-25-21)27-24(16-20)22-8-4-6-14-26-22/h2-16H,1,17H2. The molecular weight excluding hydrogens is 346 g/mol. The van der Waals surface area contributed by atoms with Gasteiger partial charge < -0.3 is 4.74 Å². The van der Waals surface area contributed by atoms with Gasteiger partial charge in [-0.1, -0.05) is 49.1 Å². The van der Waals surface area contributed by atoms with Crippen molar-refractivity contribution in [3.63, 3.8) is 0 Å². The highest BCUT2D eigenvalue weighted by Crippen LogP contribution is 2.27. The minimum Gasteiger partial charge on any atom is -0.489 e. The Labute approximate surface area is 164 Å². The summed E-state index contributed by atoms with van der Waals surface area (Å²) in [4.78, 5) is 13.6. The molecule has 1 aromatic carbocycles. The zero-order valence-corrected chi connectivity index (χ0v) is 15.3. The Morgan fingerprint density at radius 1 is 0.750 bits per heavy atom. The summed E-state index contributed by atoms with van der Waals surface area (Å²) < 4.78 is 6.07. The molecule has 4 nitrogen and oxygen atoms in total. The average molecular weight is 365 g/mol. The van der Waals surface area contributed by atoms with Gasteiger partial charge in [0.1, 0.15) is 12.4 Å². The van der Waals surface area contributed by atoms with Crippen LogP contribution in [-0.4, -0.2) is 15.0 Å². The van der Waals surface area contributed by atoms with E-state index in [1.807, 2.05) is 78.9 Å². The molecule has 4 rings (SSSR count). The number of benzene rings is 1. The predicted octanol–water partition coefficient (Wildman–Crippen LogP) is 5.43. The van der Waals surface area contributed by atoms with Crippen molar-refractivity contribution in [2.75, 3.05) is 0 Å². The third kappa shape index (κ3) is 4.13. The fraction of sp³-hybridized carbons (Fsp3) is 0.0417. The van der Waals surface area contributed by atoms with Crippen LogP contribution in [0.3, 0.4) is 0 Å². The van der Waals surface area contributed by atoms with Crippen molar-refractivity contribution in [3.8, 4) is 28.5 Å². The number of nitrogens with zero attached hydrogens (tertiary/aromatic N) is 3. The maximum atomic E-state index is 6.07. The SMILES string of the molecule is C=Cc1ccc(COc2cc(-c3ccccn3)nc(-c3ccccn3)c2)cc1. The second kappa shape index (κ2) is 8.27. The van der Waals surface area contributed by atoms with Crippen LogP contribution in [0.5, 0.6) is 5.75 Å². The van der Waals surface area contributed by atoms with Gasteiger partial charge in [0.25, 0.3) is 0 Å². The van der Waals surface area contributed by atoms with Crippen molar-refractivity contribution in [1.29, 1.82) is 0 Å². The first-order chi connectivity index (χ1) is 13.8. The van der Waals surface area contributed by atoms with E-state index in [-0.39, 0.29) is 0 Å². The van der Waals surface area contributed by atoms with E-state index in [4.69, 9.17) is 9.72 Å². The highest BCUT2D eigenvalue weighted by Gasteiger charge is 2.10. The van der Waals surface area contributed by atoms with Gasteiger partial charge in [-0.25, -0.2) is 4.98 Å². The van der Waals surface area contributed by atoms with Crippen LogP contribution in [0.25, 0.3) is 28.9 Å². The van der Waals surface area contributed by atoms with Crippen LogP contribution in [0.2, 0.25) is 0 Å². The van der Waals surface area contributed by atoms with Gasteiger partial charge in [0.05, 0.1) is 22.8 Å². The lowest BCUT2D eigenvalue weighted by molar-refractivity contribution is 0.306. The summed E-state index contributed by atoms with van der Waals surface area (Å²) in [6, 6.07) is 23.5. The van der Waals surface area contributed by atoms with Crippen molar-refractivity contribution in [2.45, 2.75) is 6.61 Å². The second-order valence-electron chi connectivity index (χ2n) is 6.24. The van der Waals surface area contributed by atoms with Crippen molar-refractivity contribution in [3.05, 3.63) is 103 Å². The molecule has 136 valence electrons. The Hall–Kier alpha value is -3.79. The molecule has 28 heavy (non-hydrogen) atoms. The van der Waals surface area contributed by atoms with E-state index in [0.29, 0.717) is 6.61 Å². The summed E-state index contributed by atoms with van der Waals surface area (Å²) in [7, 11) is 0. The number of aromatic nitrogens is 3. The molecule has 0 saturated carbocycles. The van der Waals surface area contributed by atoms with Crippen LogP contribution in [0.15, 0.2) is 91.8 Å². The van der Waals surface area contributed by atoms with E-state index in [1.165, 1.54) is 0 Å². The van der Waals surface area contributed by atoms with Crippen LogP contribution in [0.1, 0.15) is 11.1 Å². The quantitative estimate of drug-likeness (QED) is 0.457. The van der Waals surface area contributed by atoms with Crippen molar-refractivity contribution < 1.29 is 4.74 Å². The van der Waals surface area contributed by atoms with E-state index in [0.717, 1.165) is 39.7 Å². The average Bonchev–Trinajstić information content (AvgIpc) is 2.79. The zero-order chi connectivity index (χ0) is 19.2. The fourth-order valence-corrected chi connectivity index (χ4v) is 2.80. The molecule has 3 heterocycles. The van der Waals surface area contributed by atoms with Gasteiger partial charge in [-0.05, 0) is 35.4 Å². The Morgan fingerprint density at radius 2 is 1.36 bits per heavy atom. The molecule has 0 amide bonds. The van der Waals surface area contributed by atoms with Gasteiger partial charge >= 0.3 is 0 Å². The molecule has 3 aromatic heterocycles. The highest BCUT2D eigenvalue weighted by molar-refractivity contribution is 5.64. The molecule has 0 N–H and O–H groups in total. The van der Waals surface area contributed by atoms with Gasteiger partial charge in [-0.2, -0.15) is 0 Å². The lowest BCUT2D eigenvalue weighted by Crippen LogP contribution is -1.98. The van der Waals surface area contributed by atoms with Crippen LogP contribution >= 0.6 is 0 Å². The number of hydrogen-bond donors (Lipinski definition) is 0. The van der Waals surface area contributed by atoms with E-state index >= 15 is 0 Å². The van der Waals surface area contributed by atoms with Gasteiger partial charge in [-0.15, -0.1) is 0 Å². The summed E-state index contributed by atoms with van der Waals surface area (Å²) in [6.07, 6.45) is 5.34. The second-order valence-corrected chi connectivity index (χ2v) is 6.24. The molecule has 0 aliphatic rings. The van der Waals surface area contributed by atoms with E-state index in [9.17, 15) is 0 Å². The van der Waals surface area contributed by atoms with Crippen LogP contribution < -0.4 is 4.74 Å². The molecule has 0 saturated heterocycles. The molecule has 0 unspecified atom stereocenters. The summed E-state index contributed by atoms with van der Waals surface area (Å²) in [6.45, 7) is 4.24. The normalized spacial score (nSPS) is 10.4. The minimum absolute atomic E-state index is 0.463. The Morgan fingerprint density at radius 3 is 1.86 bits per heavy atom. The predicted molar refractivity (Wildman–Crippen MR) is 112 cm³/mol.